The van der Waals surface area contributed by atoms with E-state index in [2.05, 4.69) is 19.1 Å². The highest BCUT2D eigenvalue weighted by Crippen LogP contribution is 2.19. The number of rotatable bonds is 15. The number of allylic oxidation sites excluding steroid dienone is 2. The summed E-state index contributed by atoms with van der Waals surface area (Å²) >= 11 is 0. The Morgan fingerprint density at radius 2 is 1.54 bits per heavy atom. The van der Waals surface area contributed by atoms with E-state index in [-0.39, 0.29) is 13.2 Å². The molecule has 0 aromatic heterocycles. The topological polar surface area (TPSA) is 79.2 Å². The van der Waals surface area contributed by atoms with Crippen molar-refractivity contribution in [3.8, 4) is 0 Å². The lowest BCUT2D eigenvalue weighted by molar-refractivity contribution is -0.211. The van der Waals surface area contributed by atoms with Crippen molar-refractivity contribution in [3.05, 3.63) is 12.2 Å². The molecule has 1 saturated heterocycles. The number of hydrogen-bond acceptors (Lipinski definition) is 5. The molecule has 0 aromatic rings. The predicted octanol–water partition coefficient (Wildman–Crippen LogP) is 3.35. The zero-order valence-corrected chi connectivity index (χ0v) is 16.5. The molecule has 1 fully saturated rings. The molecule has 0 aliphatic carbocycles. The minimum absolute atomic E-state index is 0.0402. The van der Waals surface area contributed by atoms with Gasteiger partial charge in [0.15, 0.2) is 0 Å². The van der Waals surface area contributed by atoms with E-state index >= 15 is 0 Å². The van der Waals surface area contributed by atoms with Crippen LogP contribution in [0.4, 0.5) is 0 Å². The van der Waals surface area contributed by atoms with Gasteiger partial charge in [0.2, 0.25) is 0 Å². The van der Waals surface area contributed by atoms with Crippen LogP contribution in [0.2, 0.25) is 0 Å². The molecule has 26 heavy (non-hydrogen) atoms. The molecule has 4 atom stereocenters. The second-order valence-corrected chi connectivity index (χ2v) is 7.32. The average Bonchev–Trinajstić information content (AvgIpc) is 2.65. The largest absolute Gasteiger partial charge is 0.394 e. The molecule has 0 saturated carbocycles. The molecule has 0 radical (unpaired) electrons. The lowest BCUT2D eigenvalue weighted by atomic mass is 10.0. The summed E-state index contributed by atoms with van der Waals surface area (Å²) < 4.78 is 11.0. The lowest BCUT2D eigenvalue weighted by Gasteiger charge is -2.37. The Bertz CT molecular complexity index is 345. The minimum Gasteiger partial charge on any atom is -0.394 e. The van der Waals surface area contributed by atoms with E-state index in [4.69, 9.17) is 9.47 Å². The number of aliphatic hydroxyl groups excluding tert-OH is 3. The van der Waals surface area contributed by atoms with E-state index in [0.29, 0.717) is 6.61 Å². The molecule has 0 aromatic carbocycles. The Morgan fingerprint density at radius 3 is 2.15 bits per heavy atom. The molecule has 0 bridgehead atoms. The highest BCUT2D eigenvalue weighted by molar-refractivity contribution is 4.87. The maximum absolute atomic E-state index is 9.97. The van der Waals surface area contributed by atoms with Gasteiger partial charge in [-0.25, -0.2) is 0 Å². The molecule has 1 heterocycles. The fraction of sp³-hybridized carbons (Fsp3) is 0.905. The third kappa shape index (κ3) is 10.0. The zero-order valence-electron chi connectivity index (χ0n) is 16.5. The molecule has 0 amide bonds. The Labute approximate surface area is 159 Å². The average molecular weight is 373 g/mol. The Balaban J connectivity index is 1.95. The molecule has 1 rings (SSSR count). The second kappa shape index (κ2) is 15.6. The molecule has 0 spiro atoms. The van der Waals surface area contributed by atoms with Crippen LogP contribution in [0.15, 0.2) is 12.2 Å². The van der Waals surface area contributed by atoms with E-state index in [0.717, 1.165) is 19.3 Å². The van der Waals surface area contributed by atoms with Gasteiger partial charge >= 0.3 is 0 Å². The summed E-state index contributed by atoms with van der Waals surface area (Å²) in [5.41, 5.74) is 0. The molecule has 0 unspecified atom stereocenters. The van der Waals surface area contributed by atoms with Crippen molar-refractivity contribution in [2.24, 2.45) is 0 Å². The van der Waals surface area contributed by atoms with Crippen molar-refractivity contribution in [3.63, 3.8) is 0 Å². The quantitative estimate of drug-likeness (QED) is 0.303. The van der Waals surface area contributed by atoms with Crippen LogP contribution in [0.25, 0.3) is 0 Å². The van der Waals surface area contributed by atoms with E-state index in [1.165, 1.54) is 51.4 Å². The SMILES string of the molecule is CCCCCCC/C=C/CCCCCCO[C@H]1[C@H](O)[C@@H](O)CO[C@@H]1CO. The third-order valence-electron chi connectivity index (χ3n) is 4.97. The fourth-order valence-electron chi connectivity index (χ4n) is 3.26. The first-order chi connectivity index (χ1) is 12.7. The maximum Gasteiger partial charge on any atom is 0.114 e. The van der Waals surface area contributed by atoms with Gasteiger partial charge in [-0.3, -0.25) is 0 Å². The fourth-order valence-corrected chi connectivity index (χ4v) is 3.26. The van der Waals surface area contributed by atoms with Crippen LogP contribution < -0.4 is 0 Å². The summed E-state index contributed by atoms with van der Waals surface area (Å²) in [7, 11) is 0. The highest BCUT2D eigenvalue weighted by Gasteiger charge is 2.39. The van der Waals surface area contributed by atoms with Crippen LogP contribution in [-0.2, 0) is 9.47 Å². The van der Waals surface area contributed by atoms with Gasteiger partial charge in [0.05, 0.1) is 13.2 Å². The van der Waals surface area contributed by atoms with Crippen LogP contribution in [0, 0.1) is 0 Å². The van der Waals surface area contributed by atoms with Gasteiger partial charge in [-0.05, 0) is 32.1 Å². The van der Waals surface area contributed by atoms with Crippen LogP contribution >= 0.6 is 0 Å². The molecule has 5 nitrogen and oxygen atoms in total. The highest BCUT2D eigenvalue weighted by atomic mass is 16.6. The lowest BCUT2D eigenvalue weighted by Crippen LogP contribution is -2.55. The van der Waals surface area contributed by atoms with Gasteiger partial charge in [0.1, 0.15) is 24.4 Å². The first-order valence-electron chi connectivity index (χ1n) is 10.6. The van der Waals surface area contributed by atoms with Gasteiger partial charge < -0.3 is 24.8 Å². The molecular formula is C21H40O5. The first kappa shape index (κ1) is 23.6. The van der Waals surface area contributed by atoms with Crippen LogP contribution in [-0.4, -0.2) is 59.6 Å². The number of aliphatic hydroxyl groups is 3. The monoisotopic (exact) mass is 372 g/mol. The van der Waals surface area contributed by atoms with Crippen LogP contribution in [0.1, 0.15) is 77.6 Å². The van der Waals surface area contributed by atoms with Crippen molar-refractivity contribution >= 4 is 0 Å². The Kier molecular flexibility index (Phi) is 14.1. The normalized spacial score (nSPS) is 26.6. The van der Waals surface area contributed by atoms with Crippen molar-refractivity contribution in [2.45, 2.75) is 102 Å². The van der Waals surface area contributed by atoms with Crippen molar-refractivity contribution in [1.29, 1.82) is 0 Å². The summed E-state index contributed by atoms with van der Waals surface area (Å²) in [6.07, 6.45) is 14.9. The van der Waals surface area contributed by atoms with Crippen LogP contribution in [0.3, 0.4) is 0 Å². The van der Waals surface area contributed by atoms with E-state index in [1.54, 1.807) is 0 Å². The van der Waals surface area contributed by atoms with E-state index in [1.807, 2.05) is 0 Å². The Morgan fingerprint density at radius 1 is 0.923 bits per heavy atom. The first-order valence-corrected chi connectivity index (χ1v) is 10.6. The minimum atomic E-state index is -0.993. The maximum atomic E-state index is 9.97. The third-order valence-corrected chi connectivity index (χ3v) is 4.97. The van der Waals surface area contributed by atoms with Crippen molar-refractivity contribution < 1.29 is 24.8 Å². The Hall–Kier alpha value is -0.460. The number of ether oxygens (including phenoxy) is 2. The van der Waals surface area contributed by atoms with Crippen molar-refractivity contribution in [2.75, 3.05) is 19.8 Å². The summed E-state index contributed by atoms with van der Waals surface area (Å²) in [6, 6.07) is 0. The standard InChI is InChI=1S/C21H40O5/c1-2-3-4-5-6-7-8-9-10-11-12-13-14-15-25-21-19(16-22)26-17-18(23)20(21)24/h8-9,18-24H,2-7,10-17H2,1H3/b9-8+/t18-,19+,20+,21+/m0/s1. The summed E-state index contributed by atoms with van der Waals surface area (Å²) in [5.74, 6) is 0. The molecule has 3 N–H and O–H groups in total. The molecule has 5 heteroatoms. The summed E-state index contributed by atoms with van der Waals surface area (Å²) in [5, 5.41) is 28.9. The number of hydrogen-bond donors (Lipinski definition) is 3. The second-order valence-electron chi connectivity index (χ2n) is 7.32. The van der Waals surface area contributed by atoms with Gasteiger partial charge in [-0.1, -0.05) is 57.6 Å². The smallest absolute Gasteiger partial charge is 0.114 e. The molecular weight excluding hydrogens is 332 g/mol. The zero-order chi connectivity index (χ0) is 19.0. The van der Waals surface area contributed by atoms with Crippen molar-refractivity contribution in [1.82, 2.24) is 0 Å². The van der Waals surface area contributed by atoms with E-state index < -0.39 is 24.4 Å². The molecule has 1 aliphatic heterocycles. The molecule has 1 aliphatic rings. The van der Waals surface area contributed by atoms with Crippen LogP contribution in [0.5, 0.6) is 0 Å². The summed E-state index contributed by atoms with van der Waals surface area (Å²) in [6.45, 7) is 2.59. The van der Waals surface area contributed by atoms with Gasteiger partial charge in [0.25, 0.3) is 0 Å². The predicted molar refractivity (Wildman–Crippen MR) is 104 cm³/mol. The van der Waals surface area contributed by atoms with Gasteiger partial charge in [0, 0.05) is 6.61 Å². The van der Waals surface area contributed by atoms with E-state index in [9.17, 15) is 15.3 Å². The number of unbranched alkanes of at least 4 members (excludes halogenated alkanes) is 9. The summed E-state index contributed by atoms with van der Waals surface area (Å²) in [4.78, 5) is 0. The molecule has 154 valence electrons. The van der Waals surface area contributed by atoms with Gasteiger partial charge in [-0.2, -0.15) is 0 Å². The van der Waals surface area contributed by atoms with Gasteiger partial charge in [-0.15, -0.1) is 0 Å².